The Bertz CT molecular complexity index is 2250. The van der Waals surface area contributed by atoms with E-state index in [2.05, 4.69) is 99.0 Å². The van der Waals surface area contributed by atoms with Gasteiger partial charge in [0, 0.05) is 38.0 Å². The highest BCUT2D eigenvalue weighted by molar-refractivity contribution is 5.87. The molecule has 0 spiro atoms. The molecular formula is C46H54N8O5. The quantitative estimate of drug-likeness (QED) is 0.0949. The molecule has 5 aromatic rings. The van der Waals surface area contributed by atoms with Gasteiger partial charge >= 0.3 is 6.09 Å². The van der Waals surface area contributed by atoms with Crippen LogP contribution in [0, 0.1) is 17.8 Å². The van der Waals surface area contributed by atoms with Crippen molar-refractivity contribution in [1.29, 1.82) is 0 Å². The van der Waals surface area contributed by atoms with E-state index >= 15 is 0 Å². The van der Waals surface area contributed by atoms with Gasteiger partial charge in [0.1, 0.15) is 17.7 Å². The van der Waals surface area contributed by atoms with E-state index in [1.807, 2.05) is 18.5 Å². The number of hydrogen-bond acceptors (Lipinski definition) is 8. The number of alkyl carbamates (subject to hydrolysis) is 1. The zero-order chi connectivity index (χ0) is 41.2. The molecule has 308 valence electrons. The standard InChI is InChI=1S/C46H54N8O5/c1-26(2)35-19-8-28(22-47-35)23-50-44(55)40-34-18-17-33(21-34)39(40)43-49-25-37(52-43)32-15-11-30(12-16-32)29-9-13-31(14-10-29)36-24-48-42(51-36)38-7-6-20-54(38)45(56)41(27(3)58-4)53-46(57)59-5/h8-16,19,22,24-27,33-34,38-41H,6-7,17-18,20-21,23H2,1-5H3,(H,48,51)(H,49,52)(H,50,55)(H,53,57)/t27-,33?,34?,38+,39+,40+,41+/m1/s1. The molecule has 2 aliphatic carbocycles. The number of H-pyrrole nitrogens is 2. The third-order valence-corrected chi connectivity index (χ3v) is 12.8. The van der Waals surface area contributed by atoms with Crippen molar-refractivity contribution in [3.63, 3.8) is 0 Å². The second-order valence-electron chi connectivity index (χ2n) is 16.6. The predicted octanol–water partition coefficient (Wildman–Crippen LogP) is 7.52. The minimum Gasteiger partial charge on any atom is -0.453 e. The Morgan fingerprint density at radius 3 is 2.02 bits per heavy atom. The van der Waals surface area contributed by atoms with Gasteiger partial charge in [-0.05, 0) is 90.7 Å². The van der Waals surface area contributed by atoms with Crippen LogP contribution in [0.4, 0.5) is 4.79 Å². The van der Waals surface area contributed by atoms with Crippen molar-refractivity contribution < 1.29 is 23.9 Å². The number of pyridine rings is 1. The minimum atomic E-state index is -0.886. The first kappa shape index (κ1) is 40.0. The summed E-state index contributed by atoms with van der Waals surface area (Å²) >= 11 is 0. The Hall–Kier alpha value is -5.82. The summed E-state index contributed by atoms with van der Waals surface area (Å²) in [6.45, 7) is 7.03. The second kappa shape index (κ2) is 17.2. The van der Waals surface area contributed by atoms with Gasteiger partial charge in [0.15, 0.2) is 0 Å². The van der Waals surface area contributed by atoms with Crippen LogP contribution in [0.1, 0.15) is 93.7 Å². The number of hydrogen-bond donors (Lipinski definition) is 4. The summed E-state index contributed by atoms with van der Waals surface area (Å²) in [5.41, 5.74) is 8.05. The van der Waals surface area contributed by atoms with Gasteiger partial charge in [-0.25, -0.2) is 14.8 Å². The normalized spacial score (nSPS) is 22.1. The van der Waals surface area contributed by atoms with Crippen molar-refractivity contribution in [2.45, 2.75) is 89.4 Å². The van der Waals surface area contributed by atoms with E-state index in [0.29, 0.717) is 36.7 Å². The highest BCUT2D eigenvalue weighted by Crippen LogP contribution is 2.56. The van der Waals surface area contributed by atoms with Crippen LogP contribution in [0.15, 0.2) is 79.3 Å². The molecule has 2 bridgehead atoms. The zero-order valence-corrected chi connectivity index (χ0v) is 34.4. The largest absolute Gasteiger partial charge is 0.453 e. The number of carbonyl (C=O) groups is 3. The average Bonchev–Trinajstić information content (AvgIpc) is 4.13. The van der Waals surface area contributed by atoms with Crippen molar-refractivity contribution in [1.82, 2.24) is 40.5 Å². The molecule has 4 heterocycles. The lowest BCUT2D eigenvalue weighted by Gasteiger charge is -2.30. The van der Waals surface area contributed by atoms with Crippen molar-refractivity contribution in [2.24, 2.45) is 17.8 Å². The SMILES string of the molecule is COC(=O)N[C@H](C(=O)N1CCC[C@H]1c1ncc(-c2ccc(-c3ccc(-c4cnc([C@H]5C6CCC(C6)[C@@H]5C(=O)NCc5ccc(C(C)C)nc5)[nH]4)cc3)cc2)[nH]1)[C@@H](C)OC. The van der Waals surface area contributed by atoms with E-state index in [-0.39, 0.29) is 29.7 Å². The number of imidazole rings is 2. The number of fused-ring (bicyclic) bond motifs is 2. The fourth-order valence-electron chi connectivity index (χ4n) is 9.44. The molecule has 3 fully saturated rings. The molecule has 4 N–H and O–H groups in total. The lowest BCUT2D eigenvalue weighted by molar-refractivity contribution is -0.137. The minimum absolute atomic E-state index is 0.0830. The van der Waals surface area contributed by atoms with Crippen LogP contribution in [0.5, 0.6) is 0 Å². The fraction of sp³-hybridized carbons (Fsp3) is 0.435. The van der Waals surface area contributed by atoms with E-state index in [0.717, 1.165) is 82.8 Å². The molecule has 2 saturated carbocycles. The van der Waals surface area contributed by atoms with E-state index < -0.39 is 18.2 Å². The van der Waals surface area contributed by atoms with Crippen molar-refractivity contribution in [3.8, 4) is 33.6 Å². The molecule has 7 atom stereocenters. The van der Waals surface area contributed by atoms with Crippen molar-refractivity contribution >= 4 is 17.9 Å². The molecule has 3 aliphatic rings. The van der Waals surface area contributed by atoms with Crippen LogP contribution in [0.25, 0.3) is 33.6 Å². The Balaban J connectivity index is 0.907. The van der Waals surface area contributed by atoms with Gasteiger partial charge in [-0.2, -0.15) is 0 Å². The number of carbonyl (C=O) groups excluding carboxylic acids is 3. The highest BCUT2D eigenvalue weighted by atomic mass is 16.5. The third-order valence-electron chi connectivity index (χ3n) is 12.8. The molecule has 8 rings (SSSR count). The van der Waals surface area contributed by atoms with Gasteiger partial charge in [-0.15, -0.1) is 0 Å². The van der Waals surface area contributed by atoms with Gasteiger partial charge < -0.3 is 35.0 Å². The van der Waals surface area contributed by atoms with E-state index in [4.69, 9.17) is 14.5 Å². The van der Waals surface area contributed by atoms with E-state index in [1.54, 1.807) is 18.0 Å². The number of aromatic amines is 2. The van der Waals surface area contributed by atoms with E-state index in [1.165, 1.54) is 14.2 Å². The van der Waals surface area contributed by atoms with Crippen molar-refractivity contribution in [3.05, 3.63) is 102 Å². The molecule has 1 aliphatic heterocycles. The fourth-order valence-corrected chi connectivity index (χ4v) is 9.44. The maximum absolute atomic E-state index is 13.7. The monoisotopic (exact) mass is 798 g/mol. The summed E-state index contributed by atoms with van der Waals surface area (Å²) in [6, 6.07) is 19.8. The number of amides is 3. The van der Waals surface area contributed by atoms with Gasteiger partial charge in [0.05, 0.1) is 49.0 Å². The average molecular weight is 799 g/mol. The van der Waals surface area contributed by atoms with Gasteiger partial charge in [0.25, 0.3) is 0 Å². The third kappa shape index (κ3) is 8.25. The van der Waals surface area contributed by atoms with Crippen LogP contribution < -0.4 is 10.6 Å². The lowest BCUT2D eigenvalue weighted by atomic mass is 9.78. The number of nitrogens with one attached hydrogen (secondary N) is 4. The Morgan fingerprint density at radius 2 is 1.41 bits per heavy atom. The van der Waals surface area contributed by atoms with Gasteiger partial charge in [0.2, 0.25) is 11.8 Å². The Labute approximate surface area is 345 Å². The molecule has 13 heteroatoms. The molecule has 3 amide bonds. The topological polar surface area (TPSA) is 167 Å². The maximum atomic E-state index is 13.7. The van der Waals surface area contributed by atoms with Crippen LogP contribution >= 0.6 is 0 Å². The molecule has 3 aromatic heterocycles. The molecular weight excluding hydrogens is 745 g/mol. The number of aromatic nitrogens is 5. The zero-order valence-electron chi connectivity index (χ0n) is 34.4. The summed E-state index contributed by atoms with van der Waals surface area (Å²) in [5.74, 6) is 2.70. The first-order valence-electron chi connectivity index (χ1n) is 20.8. The number of likely N-dealkylation sites (tertiary alicyclic amines) is 1. The number of methoxy groups -OCH3 is 2. The summed E-state index contributed by atoms with van der Waals surface area (Å²) in [7, 11) is 2.77. The summed E-state index contributed by atoms with van der Waals surface area (Å²) in [4.78, 5) is 62.3. The van der Waals surface area contributed by atoms with Crippen LogP contribution in [0.3, 0.4) is 0 Å². The summed E-state index contributed by atoms with van der Waals surface area (Å²) in [6.07, 6.45) is 9.23. The van der Waals surface area contributed by atoms with Crippen LogP contribution in [0.2, 0.25) is 0 Å². The molecule has 59 heavy (non-hydrogen) atoms. The maximum Gasteiger partial charge on any atom is 0.407 e. The smallest absolute Gasteiger partial charge is 0.407 e. The summed E-state index contributed by atoms with van der Waals surface area (Å²) in [5, 5.41) is 5.86. The molecule has 2 aromatic carbocycles. The predicted molar refractivity (Wildman–Crippen MR) is 224 cm³/mol. The summed E-state index contributed by atoms with van der Waals surface area (Å²) < 4.78 is 10.2. The van der Waals surface area contributed by atoms with Crippen LogP contribution in [-0.2, 0) is 25.6 Å². The number of benzene rings is 2. The van der Waals surface area contributed by atoms with Gasteiger partial charge in [-0.1, -0.05) is 68.4 Å². The van der Waals surface area contributed by atoms with Crippen molar-refractivity contribution in [2.75, 3.05) is 20.8 Å². The molecule has 13 nitrogen and oxygen atoms in total. The molecule has 2 unspecified atom stereocenters. The molecule has 0 radical (unpaired) electrons. The Morgan fingerprint density at radius 1 is 0.780 bits per heavy atom. The number of ether oxygens (including phenoxy) is 2. The lowest BCUT2D eigenvalue weighted by Crippen LogP contribution is -2.54. The first-order chi connectivity index (χ1) is 28.6. The van der Waals surface area contributed by atoms with Crippen LogP contribution in [-0.4, -0.2) is 80.6 Å². The molecule has 1 saturated heterocycles. The van der Waals surface area contributed by atoms with E-state index in [9.17, 15) is 14.4 Å². The Kier molecular flexibility index (Phi) is 11.6. The van der Waals surface area contributed by atoms with Gasteiger partial charge in [-0.3, -0.25) is 14.6 Å². The first-order valence-corrected chi connectivity index (χ1v) is 20.8. The second-order valence-corrected chi connectivity index (χ2v) is 16.6. The highest BCUT2D eigenvalue weighted by Gasteiger charge is 2.52. The number of rotatable bonds is 13. The number of nitrogens with zero attached hydrogens (tertiary/aromatic N) is 4.